The van der Waals surface area contributed by atoms with E-state index >= 15 is 0 Å². The molecule has 1 rings (SSSR count). The van der Waals surface area contributed by atoms with Crippen LogP contribution in [-0.4, -0.2) is 5.97 Å². The number of halogens is 3. The smallest absolute Gasteiger partial charge is 0.311 e. The standard InChI is InChI=1S/C13H15Cl3O2/c1-2-3-4-5-6-13(17)18-12-8-10(15)9(14)7-11(12)16/h7-8H,2-6H2,1H3. The van der Waals surface area contributed by atoms with Crippen molar-refractivity contribution in [1.82, 2.24) is 0 Å². The maximum absolute atomic E-state index is 11.6. The van der Waals surface area contributed by atoms with Crippen LogP contribution in [0.5, 0.6) is 5.75 Å². The molecule has 0 fully saturated rings. The van der Waals surface area contributed by atoms with E-state index in [1.165, 1.54) is 12.1 Å². The molecule has 1 aromatic carbocycles. The molecule has 0 N–H and O–H groups in total. The summed E-state index contributed by atoms with van der Waals surface area (Å²) in [5.74, 6) is -0.0436. The van der Waals surface area contributed by atoms with E-state index in [1.54, 1.807) is 0 Å². The molecule has 18 heavy (non-hydrogen) atoms. The number of hydrogen-bond donors (Lipinski definition) is 0. The maximum Gasteiger partial charge on any atom is 0.311 e. The first-order valence-electron chi connectivity index (χ1n) is 5.89. The fourth-order valence-electron chi connectivity index (χ4n) is 1.45. The Hall–Kier alpha value is -0.440. The number of rotatable bonds is 6. The summed E-state index contributed by atoms with van der Waals surface area (Å²) in [5, 5.41) is 0.936. The third kappa shape index (κ3) is 5.05. The third-order valence-electron chi connectivity index (χ3n) is 2.43. The van der Waals surface area contributed by atoms with Gasteiger partial charge in [0.2, 0.25) is 0 Å². The highest BCUT2D eigenvalue weighted by atomic mass is 35.5. The lowest BCUT2D eigenvalue weighted by molar-refractivity contribution is -0.134. The highest BCUT2D eigenvalue weighted by Gasteiger charge is 2.11. The number of ether oxygens (including phenoxy) is 1. The van der Waals surface area contributed by atoms with E-state index in [9.17, 15) is 4.79 Å². The van der Waals surface area contributed by atoms with Gasteiger partial charge in [-0.05, 0) is 12.5 Å². The fourth-order valence-corrected chi connectivity index (χ4v) is 2.03. The number of unbranched alkanes of at least 4 members (excludes halogenated alkanes) is 3. The van der Waals surface area contributed by atoms with Crippen molar-refractivity contribution >= 4 is 40.8 Å². The number of carbonyl (C=O) groups is 1. The molecule has 0 aromatic heterocycles. The van der Waals surface area contributed by atoms with Gasteiger partial charge in [-0.25, -0.2) is 0 Å². The Labute approximate surface area is 122 Å². The molecular formula is C13H15Cl3O2. The Kier molecular flexibility index (Phi) is 6.83. The average Bonchev–Trinajstić information content (AvgIpc) is 2.32. The minimum absolute atomic E-state index is 0.256. The lowest BCUT2D eigenvalue weighted by atomic mass is 10.1. The normalized spacial score (nSPS) is 10.4. The number of hydrogen-bond acceptors (Lipinski definition) is 2. The fraction of sp³-hybridized carbons (Fsp3) is 0.462. The van der Waals surface area contributed by atoms with Gasteiger partial charge in [0, 0.05) is 12.5 Å². The molecule has 0 saturated carbocycles. The summed E-state index contributed by atoms with van der Waals surface area (Å²) < 4.78 is 5.15. The van der Waals surface area contributed by atoms with Gasteiger partial charge in [-0.15, -0.1) is 0 Å². The second-order valence-electron chi connectivity index (χ2n) is 3.98. The van der Waals surface area contributed by atoms with Crippen LogP contribution in [-0.2, 0) is 4.79 Å². The molecule has 1 aromatic rings. The van der Waals surface area contributed by atoms with Gasteiger partial charge in [0.05, 0.1) is 15.1 Å². The number of carbonyl (C=O) groups excluding carboxylic acids is 1. The van der Waals surface area contributed by atoms with Crippen molar-refractivity contribution in [1.29, 1.82) is 0 Å². The second kappa shape index (κ2) is 7.88. The molecule has 0 unspecified atom stereocenters. The Morgan fingerprint density at radius 2 is 1.72 bits per heavy atom. The van der Waals surface area contributed by atoms with Crippen molar-refractivity contribution in [3.63, 3.8) is 0 Å². The van der Waals surface area contributed by atoms with Crippen LogP contribution < -0.4 is 4.74 Å². The summed E-state index contributed by atoms with van der Waals surface area (Å²) in [6, 6.07) is 2.92. The first kappa shape index (κ1) is 15.6. The van der Waals surface area contributed by atoms with E-state index in [0.29, 0.717) is 16.5 Å². The van der Waals surface area contributed by atoms with Crippen molar-refractivity contribution in [2.24, 2.45) is 0 Å². The molecule has 0 bridgehead atoms. The molecular weight excluding hydrogens is 294 g/mol. The topological polar surface area (TPSA) is 26.3 Å². The number of benzene rings is 1. The van der Waals surface area contributed by atoms with Crippen LogP contribution in [0.1, 0.15) is 39.0 Å². The van der Waals surface area contributed by atoms with Crippen molar-refractivity contribution < 1.29 is 9.53 Å². The molecule has 0 aliphatic rings. The predicted octanol–water partition coefficient (Wildman–Crippen LogP) is 5.52. The highest BCUT2D eigenvalue weighted by molar-refractivity contribution is 6.43. The quantitative estimate of drug-likeness (QED) is 0.299. The lowest BCUT2D eigenvalue weighted by Crippen LogP contribution is -2.07. The largest absolute Gasteiger partial charge is 0.425 e. The van der Waals surface area contributed by atoms with Gasteiger partial charge in [0.1, 0.15) is 0 Å². The van der Waals surface area contributed by atoms with Crippen molar-refractivity contribution in [2.75, 3.05) is 0 Å². The Bertz CT molecular complexity index is 419. The van der Waals surface area contributed by atoms with Crippen LogP contribution in [0.3, 0.4) is 0 Å². The molecule has 2 nitrogen and oxygen atoms in total. The van der Waals surface area contributed by atoms with Crippen LogP contribution in [0.4, 0.5) is 0 Å². The molecule has 0 aliphatic carbocycles. The van der Waals surface area contributed by atoms with Crippen LogP contribution >= 0.6 is 34.8 Å². The molecule has 0 heterocycles. The summed E-state index contributed by atoms with van der Waals surface area (Å²) in [7, 11) is 0. The molecule has 100 valence electrons. The predicted molar refractivity (Wildman–Crippen MR) is 75.9 cm³/mol. The summed E-state index contributed by atoms with van der Waals surface area (Å²) in [6.45, 7) is 2.12. The van der Waals surface area contributed by atoms with E-state index in [2.05, 4.69) is 6.92 Å². The van der Waals surface area contributed by atoms with Gasteiger partial charge >= 0.3 is 5.97 Å². The van der Waals surface area contributed by atoms with Crippen molar-refractivity contribution in [3.05, 3.63) is 27.2 Å². The zero-order valence-electron chi connectivity index (χ0n) is 10.1. The van der Waals surface area contributed by atoms with E-state index in [0.717, 1.165) is 25.7 Å². The SMILES string of the molecule is CCCCCCC(=O)Oc1cc(Cl)c(Cl)cc1Cl. The van der Waals surface area contributed by atoms with E-state index in [1.807, 2.05) is 0 Å². The Morgan fingerprint density at radius 1 is 1.06 bits per heavy atom. The second-order valence-corrected chi connectivity index (χ2v) is 5.20. The van der Waals surface area contributed by atoms with E-state index < -0.39 is 0 Å². The monoisotopic (exact) mass is 308 g/mol. The minimum atomic E-state index is -0.300. The summed E-state index contributed by atoms with van der Waals surface area (Å²) in [6.07, 6.45) is 4.50. The molecule has 0 saturated heterocycles. The van der Waals surface area contributed by atoms with Crippen molar-refractivity contribution in [2.45, 2.75) is 39.0 Å². The Balaban J connectivity index is 2.51. The molecule has 0 aliphatic heterocycles. The zero-order valence-corrected chi connectivity index (χ0v) is 12.4. The molecule has 0 amide bonds. The first-order valence-corrected chi connectivity index (χ1v) is 7.03. The van der Waals surface area contributed by atoms with Gasteiger partial charge in [-0.2, -0.15) is 0 Å². The molecule has 0 radical (unpaired) electrons. The van der Waals surface area contributed by atoms with Crippen LogP contribution in [0.25, 0.3) is 0 Å². The van der Waals surface area contributed by atoms with Crippen molar-refractivity contribution in [3.8, 4) is 5.75 Å². The van der Waals surface area contributed by atoms with E-state index in [-0.39, 0.29) is 16.7 Å². The van der Waals surface area contributed by atoms with Gasteiger partial charge in [-0.1, -0.05) is 61.0 Å². The maximum atomic E-state index is 11.6. The minimum Gasteiger partial charge on any atom is -0.425 e. The van der Waals surface area contributed by atoms with Gasteiger partial charge in [0.15, 0.2) is 5.75 Å². The lowest BCUT2D eigenvalue weighted by Gasteiger charge is -2.07. The highest BCUT2D eigenvalue weighted by Crippen LogP contribution is 2.34. The summed E-state index contributed by atoms with van der Waals surface area (Å²) >= 11 is 17.5. The zero-order chi connectivity index (χ0) is 13.5. The van der Waals surface area contributed by atoms with E-state index in [4.69, 9.17) is 39.5 Å². The van der Waals surface area contributed by atoms with Crippen LogP contribution in [0.15, 0.2) is 12.1 Å². The first-order chi connectivity index (χ1) is 8.54. The number of esters is 1. The molecule has 0 spiro atoms. The van der Waals surface area contributed by atoms with Crippen LogP contribution in [0, 0.1) is 0 Å². The third-order valence-corrected chi connectivity index (χ3v) is 3.45. The van der Waals surface area contributed by atoms with Gasteiger partial charge in [-0.3, -0.25) is 4.79 Å². The molecule has 5 heteroatoms. The van der Waals surface area contributed by atoms with Gasteiger partial charge < -0.3 is 4.74 Å². The van der Waals surface area contributed by atoms with Gasteiger partial charge in [0.25, 0.3) is 0 Å². The van der Waals surface area contributed by atoms with Crippen LogP contribution in [0.2, 0.25) is 15.1 Å². The average molecular weight is 310 g/mol. The molecule has 0 atom stereocenters. The summed E-state index contributed by atoms with van der Waals surface area (Å²) in [4.78, 5) is 11.6. The Morgan fingerprint density at radius 3 is 2.39 bits per heavy atom. The summed E-state index contributed by atoms with van der Waals surface area (Å²) in [5.41, 5.74) is 0.